The Bertz CT molecular complexity index is 673. The lowest BCUT2D eigenvalue weighted by atomic mass is 10.1. The Labute approximate surface area is 131 Å². The summed E-state index contributed by atoms with van der Waals surface area (Å²) in [4.78, 5) is 12.1. The highest BCUT2D eigenvalue weighted by molar-refractivity contribution is 5.95. The van der Waals surface area contributed by atoms with Crippen molar-refractivity contribution in [2.75, 3.05) is 7.11 Å². The fourth-order valence-corrected chi connectivity index (χ4v) is 2.19. The fourth-order valence-electron chi connectivity index (χ4n) is 2.19. The number of rotatable bonds is 6. The maximum Gasteiger partial charge on any atom is 0.257 e. The van der Waals surface area contributed by atoms with Gasteiger partial charge in [-0.1, -0.05) is 0 Å². The summed E-state index contributed by atoms with van der Waals surface area (Å²) in [7, 11) is 1.22. The van der Waals surface area contributed by atoms with E-state index in [1.165, 1.54) is 13.4 Å². The van der Waals surface area contributed by atoms with Crippen molar-refractivity contribution in [3.63, 3.8) is 0 Å². The molecule has 2 aromatic rings. The van der Waals surface area contributed by atoms with Crippen LogP contribution in [0.25, 0.3) is 0 Å². The lowest BCUT2D eigenvalue weighted by molar-refractivity contribution is 0.0894. The normalized spacial score (nSPS) is 13.4. The number of methoxy groups -OCH3 is 1. The Morgan fingerprint density at radius 2 is 2.13 bits per heavy atom. The average Bonchev–Trinajstić information content (AvgIpc) is 3.01. The highest BCUT2D eigenvalue weighted by Crippen LogP contribution is 2.23. The van der Waals surface area contributed by atoms with Crippen molar-refractivity contribution in [1.29, 1.82) is 0 Å². The quantitative estimate of drug-likeness (QED) is 0.857. The van der Waals surface area contributed by atoms with Gasteiger partial charge in [-0.2, -0.15) is 0 Å². The maximum atomic E-state index is 14.0. The summed E-state index contributed by atoms with van der Waals surface area (Å²) in [6, 6.07) is 4.75. The molecule has 0 aliphatic heterocycles. The lowest BCUT2D eigenvalue weighted by Crippen LogP contribution is -2.35. The Morgan fingerprint density at radius 1 is 1.39 bits per heavy atom. The Morgan fingerprint density at radius 3 is 2.74 bits per heavy atom. The zero-order chi connectivity index (χ0) is 17.0. The molecule has 1 aromatic carbocycles. The first kappa shape index (κ1) is 17.0. The zero-order valence-electron chi connectivity index (χ0n) is 12.7. The first-order valence-electron chi connectivity index (χ1n) is 6.98. The molecule has 2 unspecified atom stereocenters. The van der Waals surface area contributed by atoms with Gasteiger partial charge in [0.05, 0.1) is 13.4 Å². The summed E-state index contributed by atoms with van der Waals surface area (Å²) in [5.74, 6) is -2.84. The molecule has 7 heteroatoms. The van der Waals surface area contributed by atoms with E-state index in [2.05, 4.69) is 5.32 Å². The van der Waals surface area contributed by atoms with E-state index in [9.17, 15) is 18.7 Å². The van der Waals surface area contributed by atoms with E-state index in [4.69, 9.17) is 9.15 Å². The summed E-state index contributed by atoms with van der Waals surface area (Å²) in [6.07, 6.45) is 0.621. The molecule has 5 nitrogen and oxygen atoms in total. The number of halogens is 2. The van der Waals surface area contributed by atoms with Crippen molar-refractivity contribution in [3.8, 4) is 5.75 Å². The first-order valence-corrected chi connectivity index (χ1v) is 6.98. The van der Waals surface area contributed by atoms with Crippen LogP contribution in [0.4, 0.5) is 8.78 Å². The molecular weight excluding hydrogens is 308 g/mol. The zero-order valence-corrected chi connectivity index (χ0v) is 12.7. The van der Waals surface area contributed by atoms with Crippen LogP contribution in [0.5, 0.6) is 5.75 Å². The van der Waals surface area contributed by atoms with Crippen molar-refractivity contribution in [1.82, 2.24) is 5.32 Å². The highest BCUT2D eigenvalue weighted by atomic mass is 19.1. The third-order valence-electron chi connectivity index (χ3n) is 3.33. The van der Waals surface area contributed by atoms with E-state index < -0.39 is 35.3 Å². The number of amides is 1. The number of hydrogen-bond donors (Lipinski definition) is 2. The fraction of sp³-hybridized carbons (Fsp3) is 0.312. The highest BCUT2D eigenvalue weighted by Gasteiger charge is 2.23. The Hall–Kier alpha value is -2.41. The summed E-state index contributed by atoms with van der Waals surface area (Å²) in [6.45, 7) is 1.61. The minimum Gasteiger partial charge on any atom is -0.494 e. The van der Waals surface area contributed by atoms with Crippen molar-refractivity contribution in [2.24, 2.45) is 0 Å². The van der Waals surface area contributed by atoms with Gasteiger partial charge in [0, 0.05) is 12.5 Å². The van der Waals surface area contributed by atoms with E-state index in [1.807, 2.05) is 0 Å². The minimum absolute atomic E-state index is 0.131. The van der Waals surface area contributed by atoms with E-state index >= 15 is 0 Å². The number of hydrogen-bond acceptors (Lipinski definition) is 4. The molecule has 2 N–H and O–H groups in total. The second-order valence-corrected chi connectivity index (χ2v) is 5.08. The topological polar surface area (TPSA) is 71.7 Å². The van der Waals surface area contributed by atoms with Crippen LogP contribution in [0.3, 0.4) is 0 Å². The number of ether oxygens (including phenoxy) is 1. The van der Waals surface area contributed by atoms with Crippen LogP contribution >= 0.6 is 0 Å². The van der Waals surface area contributed by atoms with Crippen LogP contribution in [-0.4, -0.2) is 24.2 Å². The predicted octanol–water partition coefficient (Wildman–Crippen LogP) is 2.81. The maximum absolute atomic E-state index is 14.0. The molecule has 0 radical (unpaired) electrons. The van der Waals surface area contributed by atoms with Crippen molar-refractivity contribution in [3.05, 3.63) is 53.5 Å². The smallest absolute Gasteiger partial charge is 0.257 e. The van der Waals surface area contributed by atoms with Gasteiger partial charge < -0.3 is 19.6 Å². The molecule has 1 aromatic heterocycles. The number of benzene rings is 1. The molecule has 0 spiro atoms. The second-order valence-electron chi connectivity index (χ2n) is 5.08. The summed E-state index contributed by atoms with van der Waals surface area (Å²) in [5.41, 5.74) is -0.719. The van der Waals surface area contributed by atoms with Crippen LogP contribution in [0.15, 0.2) is 34.9 Å². The monoisotopic (exact) mass is 325 g/mol. The number of aliphatic hydroxyl groups excluding tert-OH is 1. The molecule has 0 saturated carbocycles. The van der Waals surface area contributed by atoms with Crippen molar-refractivity contribution < 1.29 is 27.8 Å². The minimum atomic E-state index is -1.07. The molecule has 2 rings (SSSR count). The van der Waals surface area contributed by atoms with Crippen LogP contribution in [0.1, 0.15) is 35.6 Å². The van der Waals surface area contributed by atoms with E-state index in [0.717, 1.165) is 12.1 Å². The second kappa shape index (κ2) is 7.23. The van der Waals surface area contributed by atoms with Gasteiger partial charge in [0.25, 0.3) is 5.91 Å². The summed E-state index contributed by atoms with van der Waals surface area (Å²) in [5, 5.41) is 12.4. The average molecular weight is 325 g/mol. The molecule has 0 aliphatic carbocycles. The van der Waals surface area contributed by atoms with Gasteiger partial charge in [0.1, 0.15) is 23.2 Å². The summed E-state index contributed by atoms with van der Waals surface area (Å²) >= 11 is 0. The SMILES string of the molecule is COc1ccc(F)c(C(=O)NC(C)CC(O)c2ccco2)c1F. The third kappa shape index (κ3) is 3.87. The van der Waals surface area contributed by atoms with Gasteiger partial charge >= 0.3 is 0 Å². The van der Waals surface area contributed by atoms with Crippen molar-refractivity contribution >= 4 is 5.91 Å². The van der Waals surface area contributed by atoms with Crippen LogP contribution < -0.4 is 10.1 Å². The van der Waals surface area contributed by atoms with E-state index in [0.29, 0.717) is 5.76 Å². The molecule has 0 bridgehead atoms. The number of furan rings is 1. The number of nitrogens with one attached hydrogen (secondary N) is 1. The lowest BCUT2D eigenvalue weighted by Gasteiger charge is -2.17. The van der Waals surface area contributed by atoms with Gasteiger partial charge in [0.2, 0.25) is 0 Å². The van der Waals surface area contributed by atoms with Crippen LogP contribution in [0, 0.1) is 11.6 Å². The first-order chi connectivity index (χ1) is 10.9. The number of carbonyl (C=O) groups is 1. The van der Waals surface area contributed by atoms with Gasteiger partial charge in [-0.05, 0) is 31.2 Å². The third-order valence-corrected chi connectivity index (χ3v) is 3.33. The standard InChI is InChI=1S/C16H17F2NO4/c1-9(8-11(20)12-4-3-7-23-12)19-16(21)14-10(17)5-6-13(22-2)15(14)18/h3-7,9,11,20H,8H2,1-2H3,(H,19,21). The van der Waals surface area contributed by atoms with Gasteiger partial charge in [-0.3, -0.25) is 4.79 Å². The molecule has 23 heavy (non-hydrogen) atoms. The number of carbonyl (C=O) groups excluding carboxylic acids is 1. The summed E-state index contributed by atoms with van der Waals surface area (Å²) < 4.78 is 37.6. The Kier molecular flexibility index (Phi) is 5.33. The van der Waals surface area contributed by atoms with Crippen molar-refractivity contribution in [2.45, 2.75) is 25.5 Å². The van der Waals surface area contributed by atoms with Crippen LogP contribution in [-0.2, 0) is 0 Å². The van der Waals surface area contributed by atoms with E-state index in [-0.39, 0.29) is 12.2 Å². The molecule has 1 amide bonds. The van der Waals surface area contributed by atoms with E-state index in [1.54, 1.807) is 19.1 Å². The van der Waals surface area contributed by atoms with Gasteiger partial charge in [-0.25, -0.2) is 8.78 Å². The molecule has 0 saturated heterocycles. The number of aliphatic hydroxyl groups is 1. The van der Waals surface area contributed by atoms with Crippen LogP contribution in [0.2, 0.25) is 0 Å². The molecular formula is C16H17F2NO4. The largest absolute Gasteiger partial charge is 0.494 e. The predicted molar refractivity (Wildman–Crippen MR) is 78.1 cm³/mol. The molecule has 2 atom stereocenters. The molecule has 1 heterocycles. The van der Waals surface area contributed by atoms with Gasteiger partial charge in [-0.15, -0.1) is 0 Å². The van der Waals surface area contributed by atoms with Gasteiger partial charge in [0.15, 0.2) is 11.6 Å². The molecule has 0 fully saturated rings. The molecule has 124 valence electrons. The molecule has 0 aliphatic rings. The Balaban J connectivity index is 2.07.